The fourth-order valence-electron chi connectivity index (χ4n) is 1.47. The highest BCUT2D eigenvalue weighted by Gasteiger charge is 1.99. The minimum atomic E-state index is -0.227. The lowest BCUT2D eigenvalue weighted by Crippen LogP contribution is -2.03. The van der Waals surface area contributed by atoms with Gasteiger partial charge in [0.15, 0.2) is 0 Å². The summed E-state index contributed by atoms with van der Waals surface area (Å²) < 4.78 is 12.7. The van der Waals surface area contributed by atoms with Crippen LogP contribution in [0.2, 0.25) is 0 Å². The molecular formula is C13H14FN3. The molecule has 0 radical (unpaired) electrons. The van der Waals surface area contributed by atoms with Gasteiger partial charge in [0.2, 0.25) is 0 Å². The van der Waals surface area contributed by atoms with E-state index in [-0.39, 0.29) is 5.82 Å². The smallest absolute Gasteiger partial charge is 0.126 e. The zero-order valence-corrected chi connectivity index (χ0v) is 9.57. The Morgan fingerprint density at radius 3 is 2.53 bits per heavy atom. The van der Waals surface area contributed by atoms with Crippen molar-refractivity contribution in [3.63, 3.8) is 0 Å². The van der Waals surface area contributed by atoms with Crippen LogP contribution >= 0.6 is 0 Å². The average molecular weight is 231 g/mol. The Kier molecular flexibility index (Phi) is 3.23. The first-order chi connectivity index (χ1) is 8.15. The number of aromatic nitrogens is 1. The number of anilines is 2. The Balaban J connectivity index is 2.02. The molecule has 0 unspecified atom stereocenters. The van der Waals surface area contributed by atoms with Crippen LogP contribution in [0.1, 0.15) is 11.3 Å². The molecule has 0 aliphatic rings. The molecule has 3 N–H and O–H groups in total. The van der Waals surface area contributed by atoms with Crippen LogP contribution in [-0.4, -0.2) is 4.98 Å². The zero-order valence-electron chi connectivity index (χ0n) is 9.57. The topological polar surface area (TPSA) is 50.9 Å². The SMILES string of the molecule is Cc1nc(NCc2ccc(F)cc2)ccc1N. The minimum absolute atomic E-state index is 0.227. The molecule has 17 heavy (non-hydrogen) atoms. The summed E-state index contributed by atoms with van der Waals surface area (Å²) in [5.41, 5.74) is 8.16. The molecule has 1 heterocycles. The molecule has 2 aromatic rings. The lowest BCUT2D eigenvalue weighted by atomic mass is 10.2. The highest BCUT2D eigenvalue weighted by molar-refractivity contribution is 5.49. The van der Waals surface area contributed by atoms with Crippen molar-refractivity contribution in [2.24, 2.45) is 0 Å². The number of rotatable bonds is 3. The van der Waals surface area contributed by atoms with Crippen LogP contribution < -0.4 is 11.1 Å². The third-order valence-corrected chi connectivity index (χ3v) is 2.51. The summed E-state index contributed by atoms with van der Waals surface area (Å²) in [5.74, 6) is 0.538. The number of nitrogens with two attached hydrogens (primary N) is 1. The standard InChI is InChI=1S/C13H14FN3/c1-9-12(15)6-7-13(17-9)16-8-10-2-4-11(14)5-3-10/h2-7H,8,15H2,1H3,(H,16,17). The fraction of sp³-hybridized carbons (Fsp3) is 0.154. The molecule has 88 valence electrons. The summed E-state index contributed by atoms with van der Waals surface area (Å²) in [6.07, 6.45) is 0. The predicted molar refractivity (Wildman–Crippen MR) is 67.1 cm³/mol. The third-order valence-electron chi connectivity index (χ3n) is 2.51. The first-order valence-corrected chi connectivity index (χ1v) is 5.36. The predicted octanol–water partition coefficient (Wildman–Crippen LogP) is 2.72. The molecule has 0 atom stereocenters. The molecule has 0 bridgehead atoms. The van der Waals surface area contributed by atoms with Crippen LogP contribution in [0.4, 0.5) is 15.9 Å². The lowest BCUT2D eigenvalue weighted by Gasteiger charge is -2.07. The van der Waals surface area contributed by atoms with Crippen molar-refractivity contribution in [1.29, 1.82) is 0 Å². The molecule has 0 spiro atoms. The Labute approximate surface area is 99.5 Å². The minimum Gasteiger partial charge on any atom is -0.397 e. The number of aryl methyl sites for hydroxylation is 1. The van der Waals surface area contributed by atoms with E-state index in [0.717, 1.165) is 17.1 Å². The number of nitrogens with zero attached hydrogens (tertiary/aromatic N) is 1. The van der Waals surface area contributed by atoms with Gasteiger partial charge in [-0.15, -0.1) is 0 Å². The van der Waals surface area contributed by atoms with E-state index < -0.39 is 0 Å². The summed E-state index contributed by atoms with van der Waals surface area (Å²) in [4.78, 5) is 4.30. The number of benzene rings is 1. The number of hydrogen-bond acceptors (Lipinski definition) is 3. The Hall–Kier alpha value is -2.10. The van der Waals surface area contributed by atoms with Crippen LogP contribution in [0.15, 0.2) is 36.4 Å². The molecule has 0 aliphatic carbocycles. The highest BCUT2D eigenvalue weighted by atomic mass is 19.1. The summed E-state index contributed by atoms with van der Waals surface area (Å²) in [5, 5.41) is 3.16. The van der Waals surface area contributed by atoms with E-state index in [2.05, 4.69) is 10.3 Å². The van der Waals surface area contributed by atoms with Crippen LogP contribution in [0, 0.1) is 12.7 Å². The van der Waals surface area contributed by atoms with Crippen LogP contribution in [0.25, 0.3) is 0 Å². The highest BCUT2D eigenvalue weighted by Crippen LogP contribution is 2.13. The quantitative estimate of drug-likeness (QED) is 0.854. The van der Waals surface area contributed by atoms with Gasteiger partial charge in [-0.2, -0.15) is 0 Å². The van der Waals surface area contributed by atoms with Gasteiger partial charge in [0.25, 0.3) is 0 Å². The zero-order chi connectivity index (χ0) is 12.3. The molecule has 0 saturated carbocycles. The summed E-state index contributed by atoms with van der Waals surface area (Å²) >= 11 is 0. The van der Waals surface area contributed by atoms with E-state index >= 15 is 0 Å². The number of hydrogen-bond donors (Lipinski definition) is 2. The maximum absolute atomic E-state index is 12.7. The second kappa shape index (κ2) is 4.82. The van der Waals surface area contributed by atoms with Gasteiger partial charge in [-0.3, -0.25) is 0 Å². The second-order valence-electron chi connectivity index (χ2n) is 3.85. The Morgan fingerprint density at radius 2 is 1.88 bits per heavy atom. The van der Waals surface area contributed by atoms with Crippen LogP contribution in [0.3, 0.4) is 0 Å². The largest absolute Gasteiger partial charge is 0.397 e. The molecule has 1 aromatic carbocycles. The van der Waals surface area contributed by atoms with Crippen molar-refractivity contribution >= 4 is 11.5 Å². The molecule has 3 nitrogen and oxygen atoms in total. The van der Waals surface area contributed by atoms with E-state index in [1.54, 1.807) is 12.1 Å². The third kappa shape index (κ3) is 2.93. The molecule has 0 aliphatic heterocycles. The maximum atomic E-state index is 12.7. The van der Waals surface area contributed by atoms with Gasteiger partial charge in [-0.05, 0) is 36.8 Å². The number of pyridine rings is 1. The van der Waals surface area contributed by atoms with Crippen molar-refractivity contribution in [2.45, 2.75) is 13.5 Å². The van der Waals surface area contributed by atoms with Gasteiger partial charge in [-0.25, -0.2) is 9.37 Å². The van der Waals surface area contributed by atoms with Gasteiger partial charge in [0.1, 0.15) is 11.6 Å². The first kappa shape index (κ1) is 11.4. The van der Waals surface area contributed by atoms with Gasteiger partial charge in [-0.1, -0.05) is 12.1 Å². The lowest BCUT2D eigenvalue weighted by molar-refractivity contribution is 0.627. The van der Waals surface area contributed by atoms with E-state index in [0.29, 0.717) is 12.2 Å². The van der Waals surface area contributed by atoms with Crippen molar-refractivity contribution in [2.75, 3.05) is 11.1 Å². The average Bonchev–Trinajstić information content (AvgIpc) is 2.33. The normalized spacial score (nSPS) is 10.2. The van der Waals surface area contributed by atoms with Crippen LogP contribution in [0.5, 0.6) is 0 Å². The second-order valence-corrected chi connectivity index (χ2v) is 3.85. The fourth-order valence-corrected chi connectivity index (χ4v) is 1.47. The van der Waals surface area contributed by atoms with Crippen molar-refractivity contribution in [3.05, 3.63) is 53.5 Å². The van der Waals surface area contributed by atoms with E-state index in [1.165, 1.54) is 12.1 Å². The molecule has 1 aromatic heterocycles. The number of halogens is 1. The van der Waals surface area contributed by atoms with Gasteiger partial charge >= 0.3 is 0 Å². The van der Waals surface area contributed by atoms with E-state index in [1.807, 2.05) is 19.1 Å². The van der Waals surface area contributed by atoms with Gasteiger partial charge in [0, 0.05) is 6.54 Å². The Morgan fingerprint density at radius 1 is 1.18 bits per heavy atom. The molecule has 4 heteroatoms. The Bertz CT molecular complexity index is 509. The molecular weight excluding hydrogens is 217 g/mol. The number of nitrogen functional groups attached to an aromatic ring is 1. The van der Waals surface area contributed by atoms with Gasteiger partial charge in [0.05, 0.1) is 11.4 Å². The number of nitrogens with one attached hydrogen (secondary N) is 1. The summed E-state index contributed by atoms with van der Waals surface area (Å²) in [7, 11) is 0. The van der Waals surface area contributed by atoms with Crippen LogP contribution in [-0.2, 0) is 6.54 Å². The van der Waals surface area contributed by atoms with Gasteiger partial charge < -0.3 is 11.1 Å². The molecule has 2 rings (SSSR count). The van der Waals surface area contributed by atoms with Crippen molar-refractivity contribution < 1.29 is 4.39 Å². The van der Waals surface area contributed by atoms with E-state index in [4.69, 9.17) is 5.73 Å². The first-order valence-electron chi connectivity index (χ1n) is 5.36. The molecule has 0 fully saturated rings. The monoisotopic (exact) mass is 231 g/mol. The van der Waals surface area contributed by atoms with E-state index in [9.17, 15) is 4.39 Å². The molecule has 0 saturated heterocycles. The molecule has 0 amide bonds. The van der Waals surface area contributed by atoms with Crippen molar-refractivity contribution in [3.8, 4) is 0 Å². The summed E-state index contributed by atoms with van der Waals surface area (Å²) in [6.45, 7) is 2.47. The van der Waals surface area contributed by atoms with Crippen molar-refractivity contribution in [1.82, 2.24) is 4.98 Å². The maximum Gasteiger partial charge on any atom is 0.126 e. The summed E-state index contributed by atoms with van der Waals surface area (Å²) in [6, 6.07) is 10.0.